The second-order valence-corrected chi connectivity index (χ2v) is 12.7. The van der Waals surface area contributed by atoms with Crippen LogP contribution in [0.4, 0.5) is 14.5 Å². The van der Waals surface area contributed by atoms with Crippen LogP contribution in [0, 0.1) is 11.3 Å². The number of amides is 2. The highest BCUT2D eigenvalue weighted by atomic mass is 35.5. The van der Waals surface area contributed by atoms with Gasteiger partial charge in [0.2, 0.25) is 11.8 Å². The summed E-state index contributed by atoms with van der Waals surface area (Å²) in [6.45, 7) is 10.9. The van der Waals surface area contributed by atoms with Crippen molar-refractivity contribution in [1.29, 1.82) is 0 Å². The average molecular weight is 548 g/mol. The van der Waals surface area contributed by atoms with Crippen LogP contribution >= 0.6 is 11.6 Å². The Morgan fingerprint density at radius 3 is 2.63 bits per heavy atom. The van der Waals surface area contributed by atoms with Crippen molar-refractivity contribution >= 4 is 29.1 Å². The van der Waals surface area contributed by atoms with Crippen molar-refractivity contribution in [2.75, 3.05) is 12.0 Å². The van der Waals surface area contributed by atoms with Crippen LogP contribution in [0.2, 0.25) is 5.02 Å². The van der Waals surface area contributed by atoms with E-state index in [1.165, 1.54) is 12.2 Å². The highest BCUT2D eigenvalue weighted by molar-refractivity contribution is 6.31. The largest absolute Gasteiger partial charge is 0.390 e. The van der Waals surface area contributed by atoms with Crippen LogP contribution in [0.25, 0.3) is 0 Å². The zero-order valence-electron chi connectivity index (χ0n) is 22.2. The lowest BCUT2D eigenvalue weighted by molar-refractivity contribution is -0.127. The number of allylic oxidation sites excluding steroid dienone is 4. The Morgan fingerprint density at radius 2 is 2.03 bits per heavy atom. The van der Waals surface area contributed by atoms with Crippen molar-refractivity contribution in [1.82, 2.24) is 10.6 Å². The molecule has 6 nitrogen and oxygen atoms in total. The normalized spacial score (nSPS) is 32.8. The molecule has 1 aromatic carbocycles. The van der Waals surface area contributed by atoms with Gasteiger partial charge in [0.05, 0.1) is 11.6 Å². The maximum atomic E-state index is 14.0. The SMILES string of the molecule is C=C(/C=C\C=C(\F)CF)[C@H]1[C@H](C(=O)NC2CC(C)(O)C2)N[C@H](CC(C)(C)C)[C@]12C(=O)Nc1cc(Cl)ccc12. The van der Waals surface area contributed by atoms with Crippen LogP contribution in [0.15, 0.2) is 54.4 Å². The van der Waals surface area contributed by atoms with Crippen LogP contribution < -0.4 is 16.0 Å². The third-order valence-corrected chi connectivity index (χ3v) is 7.97. The Kier molecular flexibility index (Phi) is 7.64. The minimum Gasteiger partial charge on any atom is -0.390 e. The third kappa shape index (κ3) is 5.31. The molecule has 1 saturated carbocycles. The van der Waals surface area contributed by atoms with Crippen molar-refractivity contribution in [2.24, 2.45) is 11.3 Å². The molecule has 2 fully saturated rings. The quantitative estimate of drug-likeness (QED) is 0.366. The molecule has 1 aliphatic carbocycles. The molecule has 4 rings (SSSR count). The van der Waals surface area contributed by atoms with Gasteiger partial charge in [0.25, 0.3) is 0 Å². The van der Waals surface area contributed by atoms with Gasteiger partial charge in [0.1, 0.15) is 17.9 Å². The van der Waals surface area contributed by atoms with Crippen LogP contribution in [-0.4, -0.2) is 47.3 Å². The van der Waals surface area contributed by atoms with Gasteiger partial charge < -0.3 is 21.1 Å². The second-order valence-electron chi connectivity index (χ2n) is 12.2. The summed E-state index contributed by atoms with van der Waals surface area (Å²) in [6.07, 6.45) is 5.30. The number of carbonyl (C=O) groups excluding carboxylic acids is 2. The van der Waals surface area contributed by atoms with Gasteiger partial charge in [0, 0.05) is 28.7 Å². The molecule has 4 atom stereocenters. The first-order chi connectivity index (χ1) is 17.7. The van der Waals surface area contributed by atoms with E-state index in [-0.39, 0.29) is 23.3 Å². The van der Waals surface area contributed by atoms with E-state index < -0.39 is 41.5 Å². The summed E-state index contributed by atoms with van der Waals surface area (Å²) >= 11 is 6.25. The van der Waals surface area contributed by atoms with Gasteiger partial charge in [-0.05, 0) is 60.9 Å². The molecule has 4 N–H and O–H groups in total. The smallest absolute Gasteiger partial charge is 0.238 e. The molecule has 2 heterocycles. The molecule has 2 aliphatic heterocycles. The molecule has 0 radical (unpaired) electrons. The summed E-state index contributed by atoms with van der Waals surface area (Å²) in [4.78, 5) is 27.7. The van der Waals surface area contributed by atoms with Crippen LogP contribution in [0.1, 0.15) is 52.5 Å². The van der Waals surface area contributed by atoms with Gasteiger partial charge in [-0.15, -0.1) is 0 Å². The number of hydrogen-bond donors (Lipinski definition) is 4. The molecule has 1 aromatic rings. The molecule has 2 amide bonds. The predicted octanol–water partition coefficient (Wildman–Crippen LogP) is 4.89. The zero-order valence-corrected chi connectivity index (χ0v) is 23.0. The number of alkyl halides is 1. The van der Waals surface area contributed by atoms with Gasteiger partial charge in [-0.1, -0.05) is 57.2 Å². The van der Waals surface area contributed by atoms with E-state index in [9.17, 15) is 23.5 Å². The van der Waals surface area contributed by atoms with Gasteiger partial charge >= 0.3 is 0 Å². The molecule has 38 heavy (non-hydrogen) atoms. The maximum absolute atomic E-state index is 14.0. The highest BCUT2D eigenvalue weighted by Crippen LogP contribution is 2.55. The first-order valence-electron chi connectivity index (χ1n) is 12.9. The minimum atomic E-state index is -1.23. The van der Waals surface area contributed by atoms with Crippen molar-refractivity contribution in [3.63, 3.8) is 0 Å². The first-order valence-corrected chi connectivity index (χ1v) is 13.2. The number of anilines is 1. The van der Waals surface area contributed by atoms with Gasteiger partial charge in [-0.3, -0.25) is 9.59 Å². The number of hydrogen-bond acceptors (Lipinski definition) is 4. The molecular weight excluding hydrogens is 512 g/mol. The molecule has 0 unspecified atom stereocenters. The monoisotopic (exact) mass is 547 g/mol. The molecule has 0 aromatic heterocycles. The maximum Gasteiger partial charge on any atom is 0.238 e. The van der Waals surface area contributed by atoms with Crippen LogP contribution in [0.3, 0.4) is 0 Å². The van der Waals surface area contributed by atoms with E-state index in [4.69, 9.17) is 11.6 Å². The van der Waals surface area contributed by atoms with Crippen LogP contribution in [0.5, 0.6) is 0 Å². The van der Waals surface area contributed by atoms with Gasteiger partial charge in [0.15, 0.2) is 0 Å². The van der Waals surface area contributed by atoms with Crippen molar-refractivity contribution in [3.05, 3.63) is 65.0 Å². The summed E-state index contributed by atoms with van der Waals surface area (Å²) < 4.78 is 26.1. The summed E-state index contributed by atoms with van der Waals surface area (Å²) in [5, 5.41) is 20.1. The molecule has 1 saturated heterocycles. The zero-order chi connectivity index (χ0) is 28.0. The average Bonchev–Trinajstić information content (AvgIpc) is 3.26. The molecule has 206 valence electrons. The molecule has 1 spiro atoms. The number of rotatable bonds is 7. The summed E-state index contributed by atoms with van der Waals surface area (Å²) in [5.74, 6) is -2.26. The van der Waals surface area contributed by atoms with E-state index >= 15 is 0 Å². The third-order valence-electron chi connectivity index (χ3n) is 7.74. The van der Waals surface area contributed by atoms with E-state index in [1.54, 1.807) is 19.1 Å². The molecule has 9 heteroatoms. The van der Waals surface area contributed by atoms with E-state index in [1.807, 2.05) is 6.07 Å². The number of halogens is 3. The fraction of sp³-hybridized carbons (Fsp3) is 0.517. The Balaban J connectivity index is 1.82. The first kappa shape index (κ1) is 28.5. The lowest BCUT2D eigenvalue weighted by Crippen LogP contribution is -2.57. The molecule has 3 aliphatic rings. The van der Waals surface area contributed by atoms with E-state index in [0.29, 0.717) is 41.1 Å². The summed E-state index contributed by atoms with van der Waals surface area (Å²) in [6, 6.07) is 3.74. The lowest BCUT2D eigenvalue weighted by atomic mass is 9.62. The number of fused-ring (bicyclic) bond motifs is 2. The lowest BCUT2D eigenvalue weighted by Gasteiger charge is -2.42. The standard InChI is InChI=1S/C29H36ClF2N3O3/c1-16(7-6-8-18(32)15-31)23-24(25(36)33-19-12-28(5,38)13-19)35-22(14-27(2,3)4)29(23)20-10-9-17(30)11-21(20)34-26(29)37/h6-11,19,22-24,35,38H,1,12-15H2,2-5H3,(H,33,36)(H,34,37)/b7-6-,18-8+/t19?,22-,23+,24-,28?,29+/m1/s1. The number of carbonyl (C=O) groups is 2. The fourth-order valence-electron chi connectivity index (χ4n) is 6.29. The van der Waals surface area contributed by atoms with Crippen molar-refractivity contribution in [3.8, 4) is 0 Å². The van der Waals surface area contributed by atoms with Gasteiger partial charge in [-0.2, -0.15) is 0 Å². The van der Waals surface area contributed by atoms with Gasteiger partial charge in [-0.25, -0.2) is 8.78 Å². The summed E-state index contributed by atoms with van der Waals surface area (Å²) in [5.41, 5.74) is -0.517. The second kappa shape index (κ2) is 10.2. The van der Waals surface area contributed by atoms with Crippen molar-refractivity contribution in [2.45, 2.75) is 76.1 Å². The Morgan fingerprint density at radius 1 is 1.34 bits per heavy atom. The predicted molar refractivity (Wildman–Crippen MR) is 145 cm³/mol. The fourth-order valence-corrected chi connectivity index (χ4v) is 6.46. The highest BCUT2D eigenvalue weighted by Gasteiger charge is 2.65. The number of aliphatic hydroxyl groups is 1. The van der Waals surface area contributed by atoms with E-state index in [0.717, 1.165) is 6.08 Å². The van der Waals surface area contributed by atoms with Crippen molar-refractivity contribution < 1.29 is 23.5 Å². The molecule has 0 bridgehead atoms. The van der Waals surface area contributed by atoms with E-state index in [2.05, 4.69) is 43.3 Å². The number of nitrogens with one attached hydrogen (secondary N) is 3. The topological polar surface area (TPSA) is 90.5 Å². The minimum absolute atomic E-state index is 0.188. The summed E-state index contributed by atoms with van der Waals surface area (Å²) in [7, 11) is 0. The Hall–Kier alpha value is -2.55. The Labute approximate surface area is 227 Å². The number of benzene rings is 1. The Bertz CT molecular complexity index is 1200. The van der Waals surface area contributed by atoms with Crippen LogP contribution in [-0.2, 0) is 15.0 Å². The molecular formula is C29H36ClF2N3O3.